The number of hydrogen-bond donors (Lipinski definition) is 3. The molecule has 0 bridgehead atoms. The first-order valence-corrected chi connectivity index (χ1v) is 4.76. The number of rotatable bonds is 3. The summed E-state index contributed by atoms with van der Waals surface area (Å²) in [5.74, 6) is 1.62. The van der Waals surface area contributed by atoms with E-state index in [4.69, 9.17) is 5.73 Å². The lowest BCUT2D eigenvalue weighted by Gasteiger charge is -2.00. The van der Waals surface area contributed by atoms with Crippen LogP contribution in [0, 0.1) is 11.8 Å². The predicted octanol–water partition coefficient (Wildman–Crippen LogP) is 0.378. The molecule has 1 amide bonds. The van der Waals surface area contributed by atoms with Crippen molar-refractivity contribution >= 4 is 11.7 Å². The molecule has 1 aromatic rings. The third-order valence-electron chi connectivity index (χ3n) is 2.64. The van der Waals surface area contributed by atoms with Gasteiger partial charge in [-0.15, -0.1) is 0 Å². The zero-order valence-corrected chi connectivity index (χ0v) is 8.08. The Morgan fingerprint density at radius 3 is 3.07 bits per heavy atom. The van der Waals surface area contributed by atoms with Gasteiger partial charge in [0.15, 0.2) is 0 Å². The number of nitrogens with one attached hydrogen (secondary N) is 2. The number of carbonyl (C=O) groups excluding carboxylic acids is 1. The summed E-state index contributed by atoms with van der Waals surface area (Å²) in [6, 6.07) is 1.53. The first-order chi connectivity index (χ1) is 6.66. The van der Waals surface area contributed by atoms with E-state index in [9.17, 15) is 4.79 Å². The summed E-state index contributed by atoms with van der Waals surface area (Å²) in [6.07, 6.45) is 1.21. The number of aromatic nitrogens is 2. The lowest BCUT2D eigenvalue weighted by molar-refractivity contribution is 0.0946. The van der Waals surface area contributed by atoms with Gasteiger partial charge < -0.3 is 11.1 Å². The average molecular weight is 194 g/mol. The molecule has 5 nitrogen and oxygen atoms in total. The first kappa shape index (κ1) is 9.05. The zero-order valence-electron chi connectivity index (χ0n) is 8.08. The smallest absolute Gasteiger partial charge is 0.269 e. The number of amides is 1. The molecule has 2 atom stereocenters. The Balaban J connectivity index is 1.83. The second-order valence-corrected chi connectivity index (χ2v) is 3.89. The number of carbonyl (C=O) groups is 1. The van der Waals surface area contributed by atoms with Crippen LogP contribution in [0.3, 0.4) is 0 Å². The molecule has 4 N–H and O–H groups in total. The van der Waals surface area contributed by atoms with Gasteiger partial charge in [0.1, 0.15) is 11.5 Å². The zero-order chi connectivity index (χ0) is 10.1. The predicted molar refractivity (Wildman–Crippen MR) is 52.6 cm³/mol. The van der Waals surface area contributed by atoms with Gasteiger partial charge in [0.2, 0.25) is 0 Å². The Bertz CT molecular complexity index is 346. The van der Waals surface area contributed by atoms with Crippen molar-refractivity contribution in [3.8, 4) is 0 Å². The third-order valence-corrected chi connectivity index (χ3v) is 2.64. The number of nitrogen functional groups attached to an aromatic ring is 1. The number of hydrogen-bond acceptors (Lipinski definition) is 3. The van der Waals surface area contributed by atoms with Gasteiger partial charge in [-0.05, 0) is 18.3 Å². The lowest BCUT2D eigenvalue weighted by atomic mass is 10.3. The van der Waals surface area contributed by atoms with Gasteiger partial charge in [-0.1, -0.05) is 6.92 Å². The monoisotopic (exact) mass is 194 g/mol. The summed E-state index contributed by atoms with van der Waals surface area (Å²) < 4.78 is 0. The number of anilines is 1. The maximum Gasteiger partial charge on any atom is 0.269 e. The fourth-order valence-corrected chi connectivity index (χ4v) is 1.46. The van der Waals surface area contributed by atoms with Gasteiger partial charge in [-0.2, -0.15) is 5.10 Å². The SMILES string of the molecule is CC1CC1CNC(=O)c1cc(N)n[nH]1. The second-order valence-electron chi connectivity index (χ2n) is 3.89. The molecule has 1 aliphatic rings. The number of H-pyrrole nitrogens is 1. The summed E-state index contributed by atoms with van der Waals surface area (Å²) in [4.78, 5) is 11.5. The van der Waals surface area contributed by atoms with Crippen LogP contribution in [0.2, 0.25) is 0 Å². The topological polar surface area (TPSA) is 83.8 Å². The van der Waals surface area contributed by atoms with Crippen molar-refractivity contribution in [3.05, 3.63) is 11.8 Å². The fourth-order valence-electron chi connectivity index (χ4n) is 1.46. The van der Waals surface area contributed by atoms with Crippen LogP contribution in [0.5, 0.6) is 0 Å². The lowest BCUT2D eigenvalue weighted by Crippen LogP contribution is -2.26. The summed E-state index contributed by atoms with van der Waals surface area (Å²) >= 11 is 0. The maximum absolute atomic E-state index is 11.5. The molecule has 1 heterocycles. The highest BCUT2D eigenvalue weighted by atomic mass is 16.1. The molecule has 14 heavy (non-hydrogen) atoms. The van der Waals surface area contributed by atoms with Gasteiger partial charge in [0, 0.05) is 12.6 Å². The van der Waals surface area contributed by atoms with Crippen molar-refractivity contribution in [2.45, 2.75) is 13.3 Å². The van der Waals surface area contributed by atoms with E-state index >= 15 is 0 Å². The summed E-state index contributed by atoms with van der Waals surface area (Å²) in [6.45, 7) is 2.93. The van der Waals surface area contributed by atoms with E-state index in [2.05, 4.69) is 22.4 Å². The quantitative estimate of drug-likeness (QED) is 0.650. The molecular formula is C9H14N4O. The van der Waals surface area contributed by atoms with E-state index in [1.165, 1.54) is 12.5 Å². The van der Waals surface area contributed by atoms with Crippen molar-refractivity contribution < 1.29 is 4.79 Å². The van der Waals surface area contributed by atoms with Crippen LogP contribution in [0.1, 0.15) is 23.8 Å². The number of nitrogens with zero attached hydrogens (tertiary/aromatic N) is 1. The van der Waals surface area contributed by atoms with E-state index in [-0.39, 0.29) is 5.91 Å². The van der Waals surface area contributed by atoms with Crippen molar-refractivity contribution in [3.63, 3.8) is 0 Å². The first-order valence-electron chi connectivity index (χ1n) is 4.76. The minimum absolute atomic E-state index is 0.131. The van der Waals surface area contributed by atoms with Crippen molar-refractivity contribution in [1.29, 1.82) is 0 Å². The molecule has 1 aliphatic carbocycles. The average Bonchev–Trinajstić information content (AvgIpc) is 2.66. The fraction of sp³-hybridized carbons (Fsp3) is 0.556. The van der Waals surface area contributed by atoms with Gasteiger partial charge in [0.25, 0.3) is 5.91 Å². The van der Waals surface area contributed by atoms with Crippen molar-refractivity contribution in [2.75, 3.05) is 12.3 Å². The second kappa shape index (κ2) is 3.32. The molecule has 5 heteroatoms. The Labute approximate surface area is 82.1 Å². The molecule has 0 aliphatic heterocycles. The molecule has 1 fully saturated rings. The summed E-state index contributed by atoms with van der Waals surface area (Å²) in [5.41, 5.74) is 5.81. The molecular weight excluding hydrogens is 180 g/mol. The highest BCUT2D eigenvalue weighted by Gasteiger charge is 2.32. The van der Waals surface area contributed by atoms with E-state index in [0.29, 0.717) is 17.4 Å². The summed E-state index contributed by atoms with van der Waals surface area (Å²) in [5, 5.41) is 9.10. The summed E-state index contributed by atoms with van der Waals surface area (Å²) in [7, 11) is 0. The van der Waals surface area contributed by atoms with Crippen LogP contribution in [-0.2, 0) is 0 Å². The maximum atomic E-state index is 11.5. The normalized spacial score (nSPS) is 24.6. The third kappa shape index (κ3) is 1.86. The van der Waals surface area contributed by atoms with E-state index in [0.717, 1.165) is 12.5 Å². The van der Waals surface area contributed by atoms with Gasteiger partial charge in [-0.3, -0.25) is 9.89 Å². The minimum Gasteiger partial charge on any atom is -0.382 e. The molecule has 1 aromatic heterocycles. The molecule has 2 unspecified atom stereocenters. The molecule has 0 radical (unpaired) electrons. The van der Waals surface area contributed by atoms with Gasteiger partial charge in [0.05, 0.1) is 0 Å². The van der Waals surface area contributed by atoms with Crippen LogP contribution in [0.25, 0.3) is 0 Å². The van der Waals surface area contributed by atoms with Gasteiger partial charge >= 0.3 is 0 Å². The molecule has 1 saturated carbocycles. The Kier molecular flexibility index (Phi) is 2.15. The standard InChI is InChI=1S/C9H14N4O/c1-5-2-6(5)4-11-9(14)7-3-8(10)13-12-7/h3,5-6H,2,4H2,1H3,(H,11,14)(H3,10,12,13). The molecule has 2 rings (SSSR count). The van der Waals surface area contributed by atoms with Crippen LogP contribution in [-0.4, -0.2) is 22.6 Å². The van der Waals surface area contributed by atoms with Crippen LogP contribution >= 0.6 is 0 Å². The van der Waals surface area contributed by atoms with E-state index < -0.39 is 0 Å². The Morgan fingerprint density at radius 1 is 1.86 bits per heavy atom. The largest absolute Gasteiger partial charge is 0.382 e. The number of aromatic amines is 1. The molecule has 0 spiro atoms. The van der Waals surface area contributed by atoms with E-state index in [1.807, 2.05) is 0 Å². The van der Waals surface area contributed by atoms with Crippen LogP contribution in [0.15, 0.2) is 6.07 Å². The van der Waals surface area contributed by atoms with Crippen LogP contribution < -0.4 is 11.1 Å². The van der Waals surface area contributed by atoms with E-state index in [1.54, 1.807) is 0 Å². The Morgan fingerprint density at radius 2 is 2.57 bits per heavy atom. The minimum atomic E-state index is -0.131. The Hall–Kier alpha value is -1.52. The van der Waals surface area contributed by atoms with Crippen molar-refractivity contribution in [1.82, 2.24) is 15.5 Å². The van der Waals surface area contributed by atoms with Gasteiger partial charge in [-0.25, -0.2) is 0 Å². The molecule has 0 saturated heterocycles. The molecule has 0 aromatic carbocycles. The van der Waals surface area contributed by atoms with Crippen LogP contribution in [0.4, 0.5) is 5.82 Å². The highest BCUT2D eigenvalue weighted by Crippen LogP contribution is 2.36. The highest BCUT2D eigenvalue weighted by molar-refractivity contribution is 5.92. The molecule has 76 valence electrons. The van der Waals surface area contributed by atoms with Crippen molar-refractivity contribution in [2.24, 2.45) is 11.8 Å². The number of nitrogens with two attached hydrogens (primary N) is 1.